The number of rotatable bonds is 5. The second-order valence-corrected chi connectivity index (χ2v) is 4.61. The molecule has 0 amide bonds. The fraction of sp³-hybridized carbons (Fsp3) is 0.357. The van der Waals surface area contributed by atoms with Crippen molar-refractivity contribution < 1.29 is 8.78 Å². The minimum absolute atomic E-state index is 0.104. The molecule has 0 saturated heterocycles. The maximum atomic E-state index is 14.0. The van der Waals surface area contributed by atoms with E-state index in [1.54, 1.807) is 13.0 Å². The number of nitrogens with one attached hydrogen (secondary N) is 2. The van der Waals surface area contributed by atoms with E-state index in [0.29, 0.717) is 17.8 Å². The molecule has 0 saturated carbocycles. The molecule has 0 radical (unpaired) electrons. The van der Waals surface area contributed by atoms with E-state index in [4.69, 9.17) is 0 Å². The Kier molecular flexibility index (Phi) is 4.30. The van der Waals surface area contributed by atoms with Gasteiger partial charge in [-0.25, -0.2) is 4.98 Å². The molecule has 0 spiro atoms. The van der Waals surface area contributed by atoms with Crippen LogP contribution in [0.15, 0.2) is 29.2 Å². The van der Waals surface area contributed by atoms with E-state index in [9.17, 15) is 13.6 Å². The zero-order valence-electron chi connectivity index (χ0n) is 11.8. The highest BCUT2D eigenvalue weighted by molar-refractivity contribution is 5.34. The Morgan fingerprint density at radius 2 is 2.14 bits per heavy atom. The van der Waals surface area contributed by atoms with Crippen molar-refractivity contribution in [1.29, 1.82) is 0 Å². The predicted molar refractivity (Wildman–Crippen MR) is 75.6 cm³/mol. The van der Waals surface area contributed by atoms with Crippen LogP contribution in [0.4, 0.5) is 14.6 Å². The molecule has 2 rings (SSSR count). The fourth-order valence-corrected chi connectivity index (χ4v) is 1.90. The summed E-state index contributed by atoms with van der Waals surface area (Å²) in [5, 5.41) is 2.41. The van der Waals surface area contributed by atoms with Crippen molar-refractivity contribution in [2.24, 2.45) is 0 Å². The summed E-state index contributed by atoms with van der Waals surface area (Å²) in [4.78, 5) is 22.0. The topological polar surface area (TPSA) is 70.7 Å². The van der Waals surface area contributed by atoms with Gasteiger partial charge in [0, 0.05) is 11.9 Å². The first kappa shape index (κ1) is 15.1. The number of hydrogen-bond donors (Lipinski definition) is 2. The number of aryl methyl sites for hydroxylation is 2. The van der Waals surface area contributed by atoms with Crippen molar-refractivity contribution in [3.05, 3.63) is 51.8 Å². The third-order valence-electron chi connectivity index (χ3n) is 3.05. The summed E-state index contributed by atoms with van der Waals surface area (Å²) in [5.41, 5.74) is 0.445. The number of hydrogen-bond acceptors (Lipinski definition) is 4. The van der Waals surface area contributed by atoms with Gasteiger partial charge in [0.15, 0.2) is 5.82 Å². The summed E-state index contributed by atoms with van der Waals surface area (Å²) >= 11 is 0. The minimum Gasteiger partial charge on any atom is -0.359 e. The number of anilines is 1. The van der Waals surface area contributed by atoms with Crippen LogP contribution in [-0.4, -0.2) is 21.5 Å². The van der Waals surface area contributed by atoms with Gasteiger partial charge in [0.25, 0.3) is 5.56 Å². The van der Waals surface area contributed by atoms with E-state index >= 15 is 0 Å². The van der Waals surface area contributed by atoms with Crippen LogP contribution in [0, 0.1) is 6.92 Å². The molecule has 0 aliphatic rings. The van der Waals surface area contributed by atoms with E-state index in [1.807, 2.05) is 6.92 Å². The fourth-order valence-electron chi connectivity index (χ4n) is 1.90. The molecule has 2 heterocycles. The quantitative estimate of drug-likeness (QED) is 0.887. The summed E-state index contributed by atoms with van der Waals surface area (Å²) in [5.74, 6) is -3.29. The molecule has 0 atom stereocenters. The number of aromatic nitrogens is 3. The lowest BCUT2D eigenvalue weighted by atomic mass is 10.2. The van der Waals surface area contributed by atoms with Crippen molar-refractivity contribution in [3.8, 4) is 0 Å². The van der Waals surface area contributed by atoms with Crippen LogP contribution in [0.5, 0.6) is 0 Å². The van der Waals surface area contributed by atoms with Gasteiger partial charge in [-0.15, -0.1) is 0 Å². The van der Waals surface area contributed by atoms with E-state index in [-0.39, 0.29) is 11.5 Å². The number of halogens is 2. The highest BCUT2D eigenvalue weighted by Crippen LogP contribution is 2.25. The summed E-state index contributed by atoms with van der Waals surface area (Å²) in [6.07, 6.45) is 1.91. The van der Waals surface area contributed by atoms with E-state index in [2.05, 4.69) is 20.3 Å². The summed E-state index contributed by atoms with van der Waals surface area (Å²) in [6, 6.07) is 4.29. The Morgan fingerprint density at radius 3 is 2.76 bits per heavy atom. The van der Waals surface area contributed by atoms with Crippen molar-refractivity contribution >= 4 is 5.82 Å². The van der Waals surface area contributed by atoms with E-state index in [0.717, 1.165) is 0 Å². The highest BCUT2D eigenvalue weighted by atomic mass is 19.3. The van der Waals surface area contributed by atoms with Gasteiger partial charge in [0.1, 0.15) is 5.69 Å². The average molecular weight is 294 g/mol. The maximum absolute atomic E-state index is 14.0. The number of H-pyrrole nitrogens is 1. The Hall–Kier alpha value is -2.31. The van der Waals surface area contributed by atoms with Crippen molar-refractivity contribution in [1.82, 2.24) is 15.0 Å². The molecular formula is C14H16F2N4O. The normalized spacial score (nSPS) is 11.4. The van der Waals surface area contributed by atoms with Gasteiger partial charge in [0.2, 0.25) is 0 Å². The molecule has 0 bridgehead atoms. The largest absolute Gasteiger partial charge is 0.359 e. The molecule has 0 fully saturated rings. The summed E-state index contributed by atoms with van der Waals surface area (Å²) in [7, 11) is 0. The predicted octanol–water partition coefficient (Wildman–Crippen LogP) is 2.24. The van der Waals surface area contributed by atoms with E-state index < -0.39 is 18.0 Å². The molecule has 21 heavy (non-hydrogen) atoms. The molecular weight excluding hydrogens is 278 g/mol. The lowest BCUT2D eigenvalue weighted by molar-refractivity contribution is 0.00589. The molecule has 0 aromatic carbocycles. The SMILES string of the molecule is CCc1nc(NCC(F)(F)c2ccccn2)c(=O)[nH]c1C. The first-order chi connectivity index (χ1) is 9.94. The molecule has 5 nitrogen and oxygen atoms in total. The number of pyridine rings is 1. The lowest BCUT2D eigenvalue weighted by Gasteiger charge is -2.16. The second-order valence-electron chi connectivity index (χ2n) is 4.61. The van der Waals surface area contributed by atoms with Crippen LogP contribution in [0.1, 0.15) is 24.0 Å². The smallest absolute Gasteiger partial charge is 0.306 e. The number of aromatic amines is 1. The summed E-state index contributed by atoms with van der Waals surface area (Å²) in [6.45, 7) is 2.85. The van der Waals surface area contributed by atoms with Crippen LogP contribution in [0.3, 0.4) is 0 Å². The van der Waals surface area contributed by atoms with Gasteiger partial charge in [0.05, 0.1) is 12.2 Å². The Morgan fingerprint density at radius 1 is 1.38 bits per heavy atom. The average Bonchev–Trinajstić information content (AvgIpc) is 2.47. The van der Waals surface area contributed by atoms with Gasteiger partial charge >= 0.3 is 5.92 Å². The minimum atomic E-state index is -3.19. The van der Waals surface area contributed by atoms with Crippen LogP contribution >= 0.6 is 0 Å². The third kappa shape index (κ3) is 3.42. The van der Waals surface area contributed by atoms with Gasteiger partial charge in [-0.2, -0.15) is 8.78 Å². The van der Waals surface area contributed by atoms with Crippen LogP contribution in [-0.2, 0) is 12.3 Å². The van der Waals surface area contributed by atoms with Crippen molar-refractivity contribution in [2.45, 2.75) is 26.2 Å². The zero-order valence-corrected chi connectivity index (χ0v) is 11.8. The van der Waals surface area contributed by atoms with Gasteiger partial charge in [-0.05, 0) is 25.5 Å². The molecule has 2 N–H and O–H groups in total. The Balaban J connectivity index is 2.18. The molecule has 0 unspecified atom stereocenters. The Bertz CT molecular complexity index is 670. The van der Waals surface area contributed by atoms with Crippen molar-refractivity contribution in [3.63, 3.8) is 0 Å². The molecule has 112 valence electrons. The van der Waals surface area contributed by atoms with Crippen molar-refractivity contribution in [2.75, 3.05) is 11.9 Å². The standard InChI is InChI=1S/C14H16F2N4O/c1-3-10-9(2)19-13(21)12(20-10)18-8-14(15,16)11-6-4-5-7-17-11/h4-7H,3,8H2,1-2H3,(H,18,20)(H,19,21). The summed E-state index contributed by atoms with van der Waals surface area (Å²) < 4.78 is 27.9. The molecule has 2 aromatic rings. The zero-order chi connectivity index (χ0) is 15.5. The molecule has 2 aromatic heterocycles. The van der Waals surface area contributed by atoms with E-state index in [1.165, 1.54) is 18.3 Å². The molecule has 0 aliphatic heterocycles. The molecule has 7 heteroatoms. The highest BCUT2D eigenvalue weighted by Gasteiger charge is 2.33. The molecule has 0 aliphatic carbocycles. The first-order valence-corrected chi connectivity index (χ1v) is 6.57. The van der Waals surface area contributed by atoms with Gasteiger partial charge < -0.3 is 10.3 Å². The second kappa shape index (κ2) is 5.99. The third-order valence-corrected chi connectivity index (χ3v) is 3.05. The van der Waals surface area contributed by atoms with Gasteiger partial charge in [-0.3, -0.25) is 9.78 Å². The van der Waals surface area contributed by atoms with Crippen LogP contribution < -0.4 is 10.9 Å². The van der Waals surface area contributed by atoms with Crippen LogP contribution in [0.25, 0.3) is 0 Å². The Labute approximate surface area is 120 Å². The first-order valence-electron chi connectivity index (χ1n) is 6.57. The monoisotopic (exact) mass is 294 g/mol. The maximum Gasteiger partial charge on any atom is 0.306 e. The lowest BCUT2D eigenvalue weighted by Crippen LogP contribution is -2.29. The number of nitrogens with zero attached hydrogens (tertiary/aromatic N) is 2. The van der Waals surface area contributed by atoms with Crippen LogP contribution in [0.2, 0.25) is 0 Å². The van der Waals surface area contributed by atoms with Gasteiger partial charge in [-0.1, -0.05) is 13.0 Å². The number of alkyl halides is 2.